The molecule has 0 aromatic rings. The molecule has 15 heavy (non-hydrogen) atoms. The molecule has 0 heterocycles. The molecule has 1 atom stereocenters. The molecule has 2 N–H and O–H groups in total. The van der Waals surface area contributed by atoms with E-state index in [0.717, 1.165) is 0 Å². The van der Waals surface area contributed by atoms with Crippen LogP contribution >= 0.6 is 0 Å². The highest BCUT2D eigenvalue weighted by Gasteiger charge is 2.06. The zero-order valence-corrected chi connectivity index (χ0v) is 10.4. The van der Waals surface area contributed by atoms with Gasteiger partial charge in [-0.2, -0.15) is 0 Å². The largest absolute Gasteiger partial charge is 0.378 e. The average Bonchev–Trinajstić information content (AvgIpc) is 2.08. The van der Waals surface area contributed by atoms with Gasteiger partial charge in [0.2, 0.25) is 10.0 Å². The Bertz CT molecular complexity index is 251. The average molecular weight is 239 g/mol. The summed E-state index contributed by atoms with van der Waals surface area (Å²) >= 11 is 0. The van der Waals surface area contributed by atoms with Gasteiger partial charge in [0.15, 0.2) is 0 Å². The maximum atomic E-state index is 10.5. The summed E-state index contributed by atoms with van der Waals surface area (Å²) in [6.45, 7) is 7.14. The van der Waals surface area contributed by atoms with Gasteiger partial charge in [-0.3, -0.25) is 0 Å². The van der Waals surface area contributed by atoms with E-state index in [2.05, 4.69) is 13.8 Å². The Morgan fingerprint density at radius 3 is 2.20 bits per heavy atom. The van der Waals surface area contributed by atoms with Gasteiger partial charge in [-0.05, 0) is 12.8 Å². The SMILES string of the molecule is CC(C)C(C)OCCOCCS(N)(=O)=O. The third-order valence-electron chi connectivity index (χ3n) is 2.06. The normalized spacial score (nSPS) is 14.5. The Balaban J connectivity index is 3.33. The molecule has 0 spiro atoms. The number of hydrogen-bond acceptors (Lipinski definition) is 4. The highest BCUT2D eigenvalue weighted by molar-refractivity contribution is 7.89. The fourth-order valence-corrected chi connectivity index (χ4v) is 1.11. The van der Waals surface area contributed by atoms with E-state index in [9.17, 15) is 8.42 Å². The number of nitrogens with two attached hydrogens (primary N) is 1. The van der Waals surface area contributed by atoms with Crippen LogP contribution in [0, 0.1) is 5.92 Å². The zero-order chi connectivity index (χ0) is 11.9. The first-order valence-electron chi connectivity index (χ1n) is 5.02. The number of sulfonamides is 1. The van der Waals surface area contributed by atoms with Crippen LogP contribution in [0.15, 0.2) is 0 Å². The summed E-state index contributed by atoms with van der Waals surface area (Å²) in [6.07, 6.45) is 0.187. The topological polar surface area (TPSA) is 78.6 Å². The number of rotatable bonds is 8. The van der Waals surface area contributed by atoms with Crippen molar-refractivity contribution in [3.8, 4) is 0 Å². The third kappa shape index (κ3) is 10.1. The molecule has 0 aromatic heterocycles. The monoisotopic (exact) mass is 239 g/mol. The van der Waals surface area contributed by atoms with Crippen LogP contribution in [-0.4, -0.2) is 40.1 Å². The minimum Gasteiger partial charge on any atom is -0.378 e. The second-order valence-corrected chi connectivity index (χ2v) is 5.53. The minimum atomic E-state index is -3.41. The van der Waals surface area contributed by atoms with E-state index < -0.39 is 10.0 Å². The van der Waals surface area contributed by atoms with Crippen molar-refractivity contribution in [3.05, 3.63) is 0 Å². The maximum absolute atomic E-state index is 10.5. The number of ether oxygens (including phenoxy) is 2. The van der Waals surface area contributed by atoms with Crippen molar-refractivity contribution in [2.45, 2.75) is 26.9 Å². The van der Waals surface area contributed by atoms with Gasteiger partial charge in [-0.1, -0.05) is 13.8 Å². The van der Waals surface area contributed by atoms with Gasteiger partial charge in [-0.15, -0.1) is 0 Å². The Labute approximate surface area is 92.0 Å². The molecule has 92 valence electrons. The number of primary sulfonamides is 1. The van der Waals surface area contributed by atoms with Crippen LogP contribution in [0.4, 0.5) is 0 Å². The zero-order valence-electron chi connectivity index (χ0n) is 9.60. The third-order valence-corrected chi connectivity index (χ3v) is 2.80. The van der Waals surface area contributed by atoms with Gasteiger partial charge in [0.05, 0.1) is 31.7 Å². The lowest BCUT2D eigenvalue weighted by Crippen LogP contribution is -2.22. The van der Waals surface area contributed by atoms with Crippen molar-refractivity contribution in [3.63, 3.8) is 0 Å². The Morgan fingerprint density at radius 1 is 1.13 bits per heavy atom. The van der Waals surface area contributed by atoms with Crippen LogP contribution in [-0.2, 0) is 19.5 Å². The summed E-state index contributed by atoms with van der Waals surface area (Å²) in [6, 6.07) is 0. The Kier molecular flexibility index (Phi) is 7.08. The number of hydrogen-bond donors (Lipinski definition) is 1. The summed E-state index contributed by atoms with van der Waals surface area (Å²) in [7, 11) is -3.41. The van der Waals surface area contributed by atoms with Crippen LogP contribution in [0.25, 0.3) is 0 Å². The van der Waals surface area contributed by atoms with Crippen molar-refractivity contribution in [2.24, 2.45) is 11.1 Å². The van der Waals surface area contributed by atoms with Crippen LogP contribution in [0.5, 0.6) is 0 Å². The molecule has 1 unspecified atom stereocenters. The second kappa shape index (κ2) is 7.16. The maximum Gasteiger partial charge on any atom is 0.211 e. The van der Waals surface area contributed by atoms with Crippen LogP contribution < -0.4 is 5.14 Å². The van der Waals surface area contributed by atoms with E-state index >= 15 is 0 Å². The van der Waals surface area contributed by atoms with Gasteiger partial charge in [0.25, 0.3) is 0 Å². The van der Waals surface area contributed by atoms with Crippen LogP contribution in [0.1, 0.15) is 20.8 Å². The molecule has 0 aliphatic heterocycles. The standard InChI is InChI=1S/C9H21NO4S/c1-8(2)9(3)14-5-4-13-6-7-15(10,11)12/h8-9H,4-7H2,1-3H3,(H2,10,11,12). The predicted molar refractivity (Wildman–Crippen MR) is 59.0 cm³/mol. The van der Waals surface area contributed by atoms with E-state index in [0.29, 0.717) is 19.1 Å². The lowest BCUT2D eigenvalue weighted by molar-refractivity contribution is -0.00323. The van der Waals surface area contributed by atoms with Gasteiger partial charge in [-0.25, -0.2) is 13.6 Å². The van der Waals surface area contributed by atoms with E-state index in [1.54, 1.807) is 0 Å². The second-order valence-electron chi connectivity index (χ2n) is 3.80. The fourth-order valence-electron chi connectivity index (χ4n) is 0.763. The summed E-state index contributed by atoms with van der Waals surface area (Å²) in [4.78, 5) is 0. The lowest BCUT2D eigenvalue weighted by Gasteiger charge is -2.16. The molecule has 0 amide bonds. The molecule has 0 saturated heterocycles. The molecular weight excluding hydrogens is 218 g/mol. The molecule has 5 nitrogen and oxygen atoms in total. The Hall–Kier alpha value is -0.170. The van der Waals surface area contributed by atoms with E-state index in [-0.39, 0.29) is 18.5 Å². The lowest BCUT2D eigenvalue weighted by atomic mass is 10.1. The van der Waals surface area contributed by atoms with E-state index in [4.69, 9.17) is 14.6 Å². The minimum absolute atomic E-state index is 0.123. The van der Waals surface area contributed by atoms with Gasteiger partial charge in [0, 0.05) is 0 Å². The first-order chi connectivity index (χ1) is 6.83. The van der Waals surface area contributed by atoms with Crippen molar-refractivity contribution < 1.29 is 17.9 Å². The highest BCUT2D eigenvalue weighted by Crippen LogP contribution is 2.04. The van der Waals surface area contributed by atoms with Crippen molar-refractivity contribution in [1.82, 2.24) is 0 Å². The molecule has 0 aromatic carbocycles. The van der Waals surface area contributed by atoms with Crippen molar-refractivity contribution in [1.29, 1.82) is 0 Å². The molecule has 0 aliphatic carbocycles. The first-order valence-corrected chi connectivity index (χ1v) is 6.74. The summed E-state index contributed by atoms with van der Waals surface area (Å²) in [5.74, 6) is 0.321. The molecule has 0 saturated carbocycles. The van der Waals surface area contributed by atoms with Crippen molar-refractivity contribution in [2.75, 3.05) is 25.6 Å². The summed E-state index contributed by atoms with van der Waals surface area (Å²) in [5, 5.41) is 4.80. The van der Waals surface area contributed by atoms with Crippen LogP contribution in [0.2, 0.25) is 0 Å². The van der Waals surface area contributed by atoms with E-state index in [1.807, 2.05) is 6.92 Å². The molecule has 0 aliphatic rings. The Morgan fingerprint density at radius 2 is 1.73 bits per heavy atom. The quantitative estimate of drug-likeness (QED) is 0.620. The smallest absolute Gasteiger partial charge is 0.211 e. The molecule has 0 radical (unpaired) electrons. The van der Waals surface area contributed by atoms with Gasteiger partial charge < -0.3 is 9.47 Å². The van der Waals surface area contributed by atoms with E-state index in [1.165, 1.54) is 0 Å². The summed E-state index contributed by atoms with van der Waals surface area (Å²) in [5.41, 5.74) is 0. The van der Waals surface area contributed by atoms with Crippen LogP contribution in [0.3, 0.4) is 0 Å². The summed E-state index contributed by atoms with van der Waals surface area (Å²) < 4.78 is 31.5. The first kappa shape index (κ1) is 14.8. The molecule has 0 rings (SSSR count). The molecule has 6 heteroatoms. The predicted octanol–water partition coefficient (Wildman–Crippen LogP) is 0.353. The molecule has 0 fully saturated rings. The highest BCUT2D eigenvalue weighted by atomic mass is 32.2. The van der Waals surface area contributed by atoms with Crippen molar-refractivity contribution >= 4 is 10.0 Å². The fraction of sp³-hybridized carbons (Fsp3) is 1.00. The van der Waals surface area contributed by atoms with Gasteiger partial charge in [0.1, 0.15) is 0 Å². The van der Waals surface area contributed by atoms with Gasteiger partial charge >= 0.3 is 0 Å². The molecular formula is C9H21NO4S. The molecule has 0 bridgehead atoms.